The zero-order valence-electron chi connectivity index (χ0n) is 23.7. The van der Waals surface area contributed by atoms with Crippen LogP contribution in [0.5, 0.6) is 0 Å². The van der Waals surface area contributed by atoms with E-state index in [1.807, 2.05) is 41.5 Å². The highest BCUT2D eigenvalue weighted by atomic mass is 16.4. The monoisotopic (exact) mass is 537 g/mol. The average molecular weight is 538 g/mol. The molecule has 0 aromatic rings. The molecule has 4 amide bonds. The molecule has 2 fully saturated rings. The number of carboxylic acids is 1. The quantitative estimate of drug-likeness (QED) is 0.290. The standard InChI is InChI=1S/C27H47N5O6/c1-7-17(6)22(26(36)32-13-9-11-20(32)27(37)38)30-23(33)19-10-8-12-31(19)25(35)18(14-15(2)3)29-24(34)21(28)16(4)5/h15-22H,7-14,28H2,1-6H3,(H,29,34)(H,30,33)(H,37,38)/t17-,18-,19-,20-,21-,22-/m0/s1. The molecule has 0 aromatic heterocycles. The number of rotatable bonds is 12. The molecule has 6 atom stereocenters. The van der Waals surface area contributed by atoms with Crippen molar-refractivity contribution in [3.05, 3.63) is 0 Å². The van der Waals surface area contributed by atoms with E-state index in [2.05, 4.69) is 10.6 Å². The molecule has 2 aliphatic heterocycles. The summed E-state index contributed by atoms with van der Waals surface area (Å²) in [5, 5.41) is 15.2. The average Bonchev–Trinajstić information content (AvgIpc) is 3.54. The van der Waals surface area contributed by atoms with Gasteiger partial charge in [0.05, 0.1) is 6.04 Å². The summed E-state index contributed by atoms with van der Waals surface area (Å²) in [5.74, 6) is -2.83. The Morgan fingerprint density at radius 2 is 1.45 bits per heavy atom. The summed E-state index contributed by atoms with van der Waals surface area (Å²) in [4.78, 5) is 67.7. The Hall–Kier alpha value is -2.69. The van der Waals surface area contributed by atoms with E-state index in [-0.39, 0.29) is 23.7 Å². The van der Waals surface area contributed by atoms with Gasteiger partial charge >= 0.3 is 5.97 Å². The van der Waals surface area contributed by atoms with Gasteiger partial charge in [-0.25, -0.2) is 4.79 Å². The number of nitrogens with one attached hydrogen (secondary N) is 2. The van der Waals surface area contributed by atoms with E-state index in [1.54, 1.807) is 0 Å². The van der Waals surface area contributed by atoms with Crippen LogP contribution in [0.25, 0.3) is 0 Å². The molecule has 0 aromatic carbocycles. The third kappa shape index (κ3) is 7.68. The van der Waals surface area contributed by atoms with Gasteiger partial charge in [-0.3, -0.25) is 19.2 Å². The minimum Gasteiger partial charge on any atom is -0.480 e. The van der Waals surface area contributed by atoms with Gasteiger partial charge in [0, 0.05) is 13.1 Å². The van der Waals surface area contributed by atoms with E-state index in [4.69, 9.17) is 5.73 Å². The molecule has 0 aliphatic carbocycles. The molecule has 5 N–H and O–H groups in total. The summed E-state index contributed by atoms with van der Waals surface area (Å²) in [6, 6.07) is -4.12. The van der Waals surface area contributed by atoms with Crippen LogP contribution in [0.3, 0.4) is 0 Å². The third-order valence-electron chi connectivity index (χ3n) is 7.78. The fourth-order valence-corrected chi connectivity index (χ4v) is 5.17. The predicted molar refractivity (Wildman–Crippen MR) is 143 cm³/mol. The van der Waals surface area contributed by atoms with Crippen molar-refractivity contribution in [2.75, 3.05) is 13.1 Å². The molecule has 0 saturated carbocycles. The van der Waals surface area contributed by atoms with Crippen molar-refractivity contribution < 1.29 is 29.1 Å². The Kier molecular flexibility index (Phi) is 11.5. The summed E-state index contributed by atoms with van der Waals surface area (Å²) in [7, 11) is 0. The van der Waals surface area contributed by atoms with Gasteiger partial charge in [0.25, 0.3) is 0 Å². The number of amides is 4. The van der Waals surface area contributed by atoms with Gasteiger partial charge in [0.1, 0.15) is 24.2 Å². The lowest BCUT2D eigenvalue weighted by atomic mass is 9.96. The molecule has 0 radical (unpaired) electrons. The van der Waals surface area contributed by atoms with E-state index >= 15 is 0 Å². The van der Waals surface area contributed by atoms with Crippen LogP contribution >= 0.6 is 0 Å². The van der Waals surface area contributed by atoms with Crippen molar-refractivity contribution in [3.63, 3.8) is 0 Å². The van der Waals surface area contributed by atoms with Gasteiger partial charge in [-0.2, -0.15) is 0 Å². The molecular weight excluding hydrogens is 490 g/mol. The van der Waals surface area contributed by atoms with Crippen LogP contribution in [0.2, 0.25) is 0 Å². The molecular formula is C27H47N5O6. The first kappa shape index (κ1) is 31.5. The number of nitrogens with zero attached hydrogens (tertiary/aromatic N) is 2. The molecule has 38 heavy (non-hydrogen) atoms. The van der Waals surface area contributed by atoms with Crippen molar-refractivity contribution in [3.8, 4) is 0 Å². The first-order valence-corrected chi connectivity index (χ1v) is 14.0. The number of carbonyl (C=O) groups excluding carboxylic acids is 4. The Balaban J connectivity index is 2.21. The molecule has 0 spiro atoms. The van der Waals surface area contributed by atoms with Gasteiger partial charge in [-0.1, -0.05) is 48.0 Å². The summed E-state index contributed by atoms with van der Waals surface area (Å²) >= 11 is 0. The molecule has 2 rings (SSSR count). The molecule has 2 saturated heterocycles. The SMILES string of the molecule is CC[C@H](C)[C@H](NC(=O)[C@@H]1CCCN1C(=O)[C@H](CC(C)C)NC(=O)[C@@H](N)C(C)C)C(=O)N1CCC[C@H]1C(=O)O. The van der Waals surface area contributed by atoms with Gasteiger partial charge in [-0.05, 0) is 49.9 Å². The molecule has 11 heteroatoms. The number of likely N-dealkylation sites (tertiary alicyclic amines) is 2. The number of nitrogens with two attached hydrogens (primary N) is 1. The number of aliphatic carboxylic acids is 1. The normalized spacial score (nSPS) is 22.8. The highest BCUT2D eigenvalue weighted by Crippen LogP contribution is 2.24. The van der Waals surface area contributed by atoms with E-state index in [0.717, 1.165) is 0 Å². The second kappa shape index (κ2) is 13.9. The van der Waals surface area contributed by atoms with Gasteiger partial charge in [-0.15, -0.1) is 0 Å². The van der Waals surface area contributed by atoms with E-state index < -0.39 is 53.9 Å². The lowest BCUT2D eigenvalue weighted by molar-refractivity contribution is -0.150. The summed E-state index contributed by atoms with van der Waals surface area (Å²) in [5.41, 5.74) is 6.00. The third-order valence-corrected chi connectivity index (χ3v) is 7.78. The molecule has 216 valence electrons. The zero-order valence-corrected chi connectivity index (χ0v) is 23.7. The molecule has 11 nitrogen and oxygen atoms in total. The van der Waals surface area contributed by atoms with Crippen molar-refractivity contribution in [1.29, 1.82) is 0 Å². The van der Waals surface area contributed by atoms with Gasteiger partial charge in [0.2, 0.25) is 23.6 Å². The lowest BCUT2D eigenvalue weighted by Crippen LogP contribution is -2.59. The number of carbonyl (C=O) groups is 5. The van der Waals surface area contributed by atoms with Crippen LogP contribution < -0.4 is 16.4 Å². The predicted octanol–water partition coefficient (Wildman–Crippen LogP) is 1.10. The Morgan fingerprint density at radius 1 is 0.895 bits per heavy atom. The highest BCUT2D eigenvalue weighted by molar-refractivity contribution is 5.96. The van der Waals surface area contributed by atoms with Crippen LogP contribution in [0, 0.1) is 17.8 Å². The van der Waals surface area contributed by atoms with Gasteiger partial charge in [0.15, 0.2) is 0 Å². The Morgan fingerprint density at radius 3 is 1.95 bits per heavy atom. The molecule has 2 aliphatic rings. The second-order valence-electron chi connectivity index (χ2n) is 11.5. The van der Waals surface area contributed by atoms with Crippen LogP contribution in [0.4, 0.5) is 0 Å². The maximum atomic E-state index is 13.6. The molecule has 0 unspecified atom stereocenters. The minimum absolute atomic E-state index is 0.0959. The van der Waals surface area contributed by atoms with E-state index in [1.165, 1.54) is 9.80 Å². The van der Waals surface area contributed by atoms with Crippen molar-refractivity contribution in [1.82, 2.24) is 20.4 Å². The fraction of sp³-hybridized carbons (Fsp3) is 0.815. The minimum atomic E-state index is -1.05. The topological polar surface area (TPSA) is 162 Å². The summed E-state index contributed by atoms with van der Waals surface area (Å²) < 4.78 is 0. The second-order valence-corrected chi connectivity index (χ2v) is 11.5. The van der Waals surface area contributed by atoms with Crippen LogP contribution in [0.1, 0.15) is 80.1 Å². The summed E-state index contributed by atoms with van der Waals surface area (Å²) in [6.45, 7) is 12.0. The number of hydrogen-bond donors (Lipinski definition) is 4. The largest absolute Gasteiger partial charge is 0.480 e. The smallest absolute Gasteiger partial charge is 0.326 e. The lowest BCUT2D eigenvalue weighted by Gasteiger charge is -2.33. The van der Waals surface area contributed by atoms with Crippen molar-refractivity contribution in [2.45, 2.75) is 110 Å². The van der Waals surface area contributed by atoms with E-state index in [0.29, 0.717) is 51.6 Å². The number of hydrogen-bond acceptors (Lipinski definition) is 6. The maximum Gasteiger partial charge on any atom is 0.326 e. The highest BCUT2D eigenvalue weighted by Gasteiger charge is 2.42. The molecule has 0 bridgehead atoms. The summed E-state index contributed by atoms with van der Waals surface area (Å²) in [6.07, 6.45) is 3.05. The first-order chi connectivity index (χ1) is 17.8. The first-order valence-electron chi connectivity index (χ1n) is 14.0. The zero-order chi connectivity index (χ0) is 28.7. The Bertz CT molecular complexity index is 878. The van der Waals surface area contributed by atoms with Gasteiger partial charge < -0.3 is 31.3 Å². The molecule has 2 heterocycles. The fourth-order valence-electron chi connectivity index (χ4n) is 5.17. The van der Waals surface area contributed by atoms with Crippen molar-refractivity contribution >= 4 is 29.6 Å². The van der Waals surface area contributed by atoms with Crippen LogP contribution in [0.15, 0.2) is 0 Å². The Labute approximate surface area is 226 Å². The van der Waals surface area contributed by atoms with E-state index in [9.17, 15) is 29.1 Å². The number of carboxylic acid groups (broad SMARTS) is 1. The van der Waals surface area contributed by atoms with Crippen molar-refractivity contribution in [2.24, 2.45) is 23.5 Å². The maximum absolute atomic E-state index is 13.6. The van der Waals surface area contributed by atoms with Crippen LogP contribution in [-0.2, 0) is 24.0 Å². The van der Waals surface area contributed by atoms with Crippen LogP contribution in [-0.4, -0.2) is 87.8 Å².